The molecule has 0 heterocycles. The molecule has 0 saturated heterocycles. The third-order valence-corrected chi connectivity index (χ3v) is 4.01. The van der Waals surface area contributed by atoms with E-state index in [-0.39, 0.29) is 5.41 Å². The predicted molar refractivity (Wildman–Crippen MR) is 82.3 cm³/mol. The van der Waals surface area contributed by atoms with Crippen molar-refractivity contribution in [2.24, 2.45) is 5.92 Å². The first-order valence-electron chi connectivity index (χ1n) is 7.29. The Kier molecular flexibility index (Phi) is 5.34. The maximum Gasteiger partial charge on any atom is 0.0994 e. The second kappa shape index (κ2) is 6.58. The predicted octanol–water partition coefficient (Wildman–Crippen LogP) is 4.51. The summed E-state index contributed by atoms with van der Waals surface area (Å²) in [6.07, 6.45) is 2.24. The number of nitriles is 2. The molecule has 0 aliphatic heterocycles. The Morgan fingerprint density at radius 1 is 1.20 bits per heavy atom. The Labute approximate surface area is 123 Å². The average Bonchev–Trinajstić information content (AvgIpc) is 2.40. The molecule has 2 nitrogen and oxygen atoms in total. The van der Waals surface area contributed by atoms with E-state index in [1.54, 1.807) is 0 Å². The second-order valence-corrected chi connectivity index (χ2v) is 6.44. The summed E-state index contributed by atoms with van der Waals surface area (Å²) in [6, 6.07) is 8.71. The maximum absolute atomic E-state index is 9.45. The van der Waals surface area contributed by atoms with Crippen LogP contribution in [0.15, 0.2) is 12.1 Å². The van der Waals surface area contributed by atoms with Crippen molar-refractivity contribution in [2.75, 3.05) is 0 Å². The lowest BCUT2D eigenvalue weighted by atomic mass is 9.78. The molecule has 1 aromatic carbocycles. The Morgan fingerprint density at radius 2 is 1.85 bits per heavy atom. The SMILES string of the molecule is CCC(C)(C)c1cc(C#N)c(CC(C)C)c(CC#N)c1. The lowest BCUT2D eigenvalue weighted by molar-refractivity contribution is 0.505. The van der Waals surface area contributed by atoms with E-state index in [2.05, 4.69) is 52.8 Å². The van der Waals surface area contributed by atoms with Crippen molar-refractivity contribution in [3.63, 3.8) is 0 Å². The molecule has 0 fully saturated rings. The molecule has 0 atom stereocenters. The summed E-state index contributed by atoms with van der Waals surface area (Å²) in [5.41, 5.74) is 4.01. The van der Waals surface area contributed by atoms with Gasteiger partial charge in [0.2, 0.25) is 0 Å². The van der Waals surface area contributed by atoms with Crippen molar-refractivity contribution >= 4 is 0 Å². The number of rotatable bonds is 5. The van der Waals surface area contributed by atoms with E-state index >= 15 is 0 Å². The quantitative estimate of drug-likeness (QED) is 0.788. The molecule has 2 heteroatoms. The van der Waals surface area contributed by atoms with Crippen LogP contribution >= 0.6 is 0 Å². The van der Waals surface area contributed by atoms with Gasteiger partial charge in [0.25, 0.3) is 0 Å². The molecule has 0 spiro atoms. The van der Waals surface area contributed by atoms with Crippen LogP contribution in [0.3, 0.4) is 0 Å². The first-order valence-corrected chi connectivity index (χ1v) is 7.29. The Balaban J connectivity index is 3.47. The molecule has 1 aromatic rings. The van der Waals surface area contributed by atoms with E-state index in [4.69, 9.17) is 5.26 Å². The van der Waals surface area contributed by atoms with Crippen LogP contribution in [0.2, 0.25) is 0 Å². The maximum atomic E-state index is 9.45. The van der Waals surface area contributed by atoms with E-state index in [1.165, 1.54) is 0 Å². The second-order valence-electron chi connectivity index (χ2n) is 6.44. The van der Waals surface area contributed by atoms with Crippen molar-refractivity contribution in [3.05, 3.63) is 34.4 Å². The van der Waals surface area contributed by atoms with Crippen LogP contribution in [0.4, 0.5) is 0 Å². The van der Waals surface area contributed by atoms with Crippen LogP contribution < -0.4 is 0 Å². The number of hydrogen-bond donors (Lipinski definition) is 0. The van der Waals surface area contributed by atoms with Gasteiger partial charge in [-0.15, -0.1) is 0 Å². The van der Waals surface area contributed by atoms with Crippen LogP contribution in [0.25, 0.3) is 0 Å². The lowest BCUT2D eigenvalue weighted by Gasteiger charge is -2.25. The summed E-state index contributed by atoms with van der Waals surface area (Å²) in [4.78, 5) is 0. The van der Waals surface area contributed by atoms with Gasteiger partial charge in [0.05, 0.1) is 24.1 Å². The Morgan fingerprint density at radius 3 is 2.30 bits per heavy atom. The van der Waals surface area contributed by atoms with Gasteiger partial charge in [-0.05, 0) is 46.9 Å². The third kappa shape index (κ3) is 3.61. The molecule has 0 aromatic heterocycles. The highest BCUT2D eigenvalue weighted by molar-refractivity contribution is 5.48. The number of nitrogens with zero attached hydrogens (tertiary/aromatic N) is 2. The smallest absolute Gasteiger partial charge is 0.0994 e. The summed E-state index contributed by atoms with van der Waals surface area (Å²) >= 11 is 0. The summed E-state index contributed by atoms with van der Waals surface area (Å²) < 4.78 is 0. The fourth-order valence-corrected chi connectivity index (χ4v) is 2.32. The molecular formula is C18H24N2. The summed E-state index contributed by atoms with van der Waals surface area (Å²) in [7, 11) is 0. The van der Waals surface area contributed by atoms with Gasteiger partial charge >= 0.3 is 0 Å². The minimum Gasteiger partial charge on any atom is -0.198 e. The van der Waals surface area contributed by atoms with Gasteiger partial charge in [-0.25, -0.2) is 0 Å². The van der Waals surface area contributed by atoms with E-state index in [9.17, 15) is 5.26 Å². The van der Waals surface area contributed by atoms with Crippen LogP contribution in [-0.2, 0) is 18.3 Å². The largest absolute Gasteiger partial charge is 0.198 e. The zero-order valence-corrected chi connectivity index (χ0v) is 13.2. The highest BCUT2D eigenvalue weighted by atomic mass is 14.3. The Hall–Kier alpha value is -1.80. The first kappa shape index (κ1) is 16.3. The van der Waals surface area contributed by atoms with Crippen molar-refractivity contribution < 1.29 is 0 Å². The summed E-state index contributed by atoms with van der Waals surface area (Å²) in [5, 5.41) is 18.5. The molecule has 0 radical (unpaired) electrons. The molecule has 0 bridgehead atoms. The highest BCUT2D eigenvalue weighted by Crippen LogP contribution is 2.31. The van der Waals surface area contributed by atoms with Gasteiger partial charge in [0.1, 0.15) is 0 Å². The molecule has 0 saturated carbocycles. The topological polar surface area (TPSA) is 47.6 Å². The van der Waals surface area contributed by atoms with Crippen LogP contribution in [0, 0.1) is 28.6 Å². The van der Waals surface area contributed by atoms with Gasteiger partial charge in [0.15, 0.2) is 0 Å². The van der Waals surface area contributed by atoms with E-state index in [1.807, 2.05) is 6.07 Å². The monoisotopic (exact) mass is 268 g/mol. The zero-order chi connectivity index (χ0) is 15.3. The van der Waals surface area contributed by atoms with Crippen molar-refractivity contribution in [1.29, 1.82) is 10.5 Å². The van der Waals surface area contributed by atoms with E-state index in [0.29, 0.717) is 12.3 Å². The fraction of sp³-hybridized carbons (Fsp3) is 0.556. The molecule has 0 unspecified atom stereocenters. The molecule has 0 N–H and O–H groups in total. The summed E-state index contributed by atoms with van der Waals surface area (Å²) in [6.45, 7) is 10.8. The van der Waals surface area contributed by atoms with Crippen LogP contribution in [-0.4, -0.2) is 0 Å². The number of hydrogen-bond acceptors (Lipinski definition) is 2. The minimum atomic E-state index is 0.0339. The van der Waals surface area contributed by atoms with Gasteiger partial charge in [-0.1, -0.05) is 40.7 Å². The first-order chi connectivity index (χ1) is 9.35. The fourth-order valence-electron chi connectivity index (χ4n) is 2.32. The molecular weight excluding hydrogens is 244 g/mol. The standard InChI is InChI=1S/C18H24N2/c1-6-18(4,5)16-10-14(7-8-19)17(9-13(2)3)15(11-16)12-20/h10-11,13H,6-7,9H2,1-5H3. The van der Waals surface area contributed by atoms with Gasteiger partial charge in [-0.3, -0.25) is 0 Å². The van der Waals surface area contributed by atoms with Crippen molar-refractivity contribution in [2.45, 2.75) is 59.3 Å². The molecule has 0 amide bonds. The van der Waals surface area contributed by atoms with Gasteiger partial charge in [0, 0.05) is 0 Å². The molecule has 1 rings (SSSR count). The average molecular weight is 268 g/mol. The third-order valence-electron chi connectivity index (χ3n) is 4.01. The van der Waals surface area contributed by atoms with E-state index < -0.39 is 0 Å². The van der Waals surface area contributed by atoms with Crippen molar-refractivity contribution in [1.82, 2.24) is 0 Å². The van der Waals surface area contributed by atoms with Crippen molar-refractivity contribution in [3.8, 4) is 12.1 Å². The molecule has 0 aliphatic rings. The summed E-state index contributed by atoms with van der Waals surface area (Å²) in [5.74, 6) is 0.476. The lowest BCUT2D eigenvalue weighted by Crippen LogP contribution is -2.17. The minimum absolute atomic E-state index is 0.0339. The molecule has 106 valence electrons. The van der Waals surface area contributed by atoms with Crippen LogP contribution in [0.5, 0.6) is 0 Å². The molecule has 20 heavy (non-hydrogen) atoms. The van der Waals surface area contributed by atoms with E-state index in [0.717, 1.165) is 35.1 Å². The highest BCUT2D eigenvalue weighted by Gasteiger charge is 2.21. The van der Waals surface area contributed by atoms with Crippen LogP contribution in [0.1, 0.15) is 63.3 Å². The zero-order valence-electron chi connectivity index (χ0n) is 13.2. The van der Waals surface area contributed by atoms with Gasteiger partial charge < -0.3 is 0 Å². The Bertz CT molecular complexity index is 554. The van der Waals surface area contributed by atoms with Gasteiger partial charge in [-0.2, -0.15) is 10.5 Å². The normalized spacial score (nSPS) is 11.2. The number of benzene rings is 1. The molecule has 0 aliphatic carbocycles.